The van der Waals surface area contributed by atoms with Gasteiger partial charge in [-0.2, -0.15) is 0 Å². The molecule has 0 saturated carbocycles. The number of furan rings is 1. The molecule has 1 aromatic carbocycles. The molecule has 156 valence electrons. The number of carbonyl (C=O) groups is 2. The Balaban J connectivity index is 1.84. The predicted molar refractivity (Wildman–Crippen MR) is 107 cm³/mol. The smallest absolute Gasteiger partial charge is 0.259 e. The average Bonchev–Trinajstić information content (AvgIpc) is 3.34. The summed E-state index contributed by atoms with van der Waals surface area (Å²) < 4.78 is 21.7. The van der Waals surface area contributed by atoms with Gasteiger partial charge >= 0.3 is 0 Å². The molecule has 2 N–H and O–H groups in total. The second-order valence-electron chi connectivity index (χ2n) is 6.89. The minimum atomic E-state index is -0.364. The molecule has 1 atom stereocenters. The van der Waals surface area contributed by atoms with E-state index < -0.39 is 0 Å². The average molecular weight is 402 g/mol. The summed E-state index contributed by atoms with van der Waals surface area (Å²) in [6, 6.07) is 4.80. The molecule has 1 aromatic heterocycles. The maximum absolute atomic E-state index is 12.7. The fraction of sp³-hybridized carbons (Fsp3) is 0.429. The van der Waals surface area contributed by atoms with Crippen LogP contribution in [-0.2, 0) is 4.74 Å². The van der Waals surface area contributed by atoms with Crippen LogP contribution >= 0.6 is 0 Å². The molecule has 1 saturated heterocycles. The van der Waals surface area contributed by atoms with Crippen LogP contribution in [0.4, 0.5) is 5.69 Å². The largest absolute Gasteiger partial charge is 0.493 e. The lowest BCUT2D eigenvalue weighted by Crippen LogP contribution is -2.31. The van der Waals surface area contributed by atoms with E-state index in [1.54, 1.807) is 32.0 Å². The van der Waals surface area contributed by atoms with E-state index >= 15 is 0 Å². The summed E-state index contributed by atoms with van der Waals surface area (Å²) in [6.07, 6.45) is 1.96. The van der Waals surface area contributed by atoms with Crippen molar-refractivity contribution in [2.24, 2.45) is 0 Å². The van der Waals surface area contributed by atoms with Gasteiger partial charge in [-0.15, -0.1) is 0 Å². The number of nitrogens with one attached hydrogen (secondary N) is 2. The normalized spacial score (nSPS) is 15.8. The highest BCUT2D eigenvalue weighted by Gasteiger charge is 2.22. The maximum Gasteiger partial charge on any atom is 0.259 e. The predicted octanol–water partition coefficient (Wildman–Crippen LogP) is 3.07. The summed E-state index contributed by atoms with van der Waals surface area (Å²) in [7, 11) is 2.94. The van der Waals surface area contributed by atoms with Crippen molar-refractivity contribution in [3.8, 4) is 11.5 Å². The SMILES string of the molecule is COc1cc(C(=O)NCC2CCCO2)cc(NC(=O)c2cc(C)oc2C)c1OC. The van der Waals surface area contributed by atoms with Gasteiger partial charge in [-0.05, 0) is 44.9 Å². The second-order valence-corrected chi connectivity index (χ2v) is 6.89. The van der Waals surface area contributed by atoms with Gasteiger partial charge in [0.1, 0.15) is 11.5 Å². The molecule has 1 fully saturated rings. The first-order valence-electron chi connectivity index (χ1n) is 9.47. The van der Waals surface area contributed by atoms with Gasteiger partial charge in [0.25, 0.3) is 11.8 Å². The lowest BCUT2D eigenvalue weighted by atomic mass is 10.1. The Bertz CT molecular complexity index is 899. The van der Waals surface area contributed by atoms with Crippen LogP contribution in [-0.4, -0.2) is 45.3 Å². The highest BCUT2D eigenvalue weighted by atomic mass is 16.5. The molecular weight excluding hydrogens is 376 g/mol. The van der Waals surface area contributed by atoms with Crippen LogP contribution in [0.1, 0.15) is 45.1 Å². The Hall–Kier alpha value is -3.00. The third-order valence-corrected chi connectivity index (χ3v) is 4.79. The molecular formula is C21H26N2O6. The van der Waals surface area contributed by atoms with Gasteiger partial charge in [-0.1, -0.05) is 0 Å². The van der Waals surface area contributed by atoms with E-state index in [-0.39, 0.29) is 17.9 Å². The Kier molecular flexibility index (Phi) is 6.43. The van der Waals surface area contributed by atoms with Crippen molar-refractivity contribution in [3.05, 3.63) is 40.8 Å². The van der Waals surface area contributed by atoms with Crippen LogP contribution in [0.25, 0.3) is 0 Å². The summed E-state index contributed by atoms with van der Waals surface area (Å²) in [5.74, 6) is 1.17. The van der Waals surface area contributed by atoms with E-state index in [2.05, 4.69) is 10.6 Å². The Morgan fingerprint density at radius 1 is 1.14 bits per heavy atom. The van der Waals surface area contributed by atoms with Crippen LogP contribution < -0.4 is 20.1 Å². The molecule has 0 aliphatic carbocycles. The molecule has 0 spiro atoms. The number of benzene rings is 1. The number of rotatable bonds is 7. The topological polar surface area (TPSA) is 99.0 Å². The van der Waals surface area contributed by atoms with Crippen molar-refractivity contribution >= 4 is 17.5 Å². The zero-order valence-corrected chi connectivity index (χ0v) is 17.1. The first-order valence-corrected chi connectivity index (χ1v) is 9.47. The van der Waals surface area contributed by atoms with Gasteiger partial charge < -0.3 is 29.3 Å². The number of methoxy groups -OCH3 is 2. The number of aryl methyl sites for hydroxylation is 2. The lowest BCUT2D eigenvalue weighted by Gasteiger charge is -2.16. The summed E-state index contributed by atoms with van der Waals surface area (Å²) in [6.45, 7) is 4.64. The summed E-state index contributed by atoms with van der Waals surface area (Å²) in [5.41, 5.74) is 1.09. The van der Waals surface area contributed by atoms with Gasteiger partial charge in [-0.25, -0.2) is 0 Å². The Labute approximate surface area is 169 Å². The van der Waals surface area contributed by atoms with Crippen molar-refractivity contribution in [1.82, 2.24) is 5.32 Å². The minimum Gasteiger partial charge on any atom is -0.493 e. The van der Waals surface area contributed by atoms with E-state index in [1.807, 2.05) is 0 Å². The number of carbonyl (C=O) groups excluding carboxylic acids is 2. The van der Waals surface area contributed by atoms with Crippen molar-refractivity contribution in [2.45, 2.75) is 32.8 Å². The fourth-order valence-corrected chi connectivity index (χ4v) is 3.35. The summed E-state index contributed by atoms with van der Waals surface area (Å²) in [5, 5.41) is 5.66. The van der Waals surface area contributed by atoms with Crippen LogP contribution in [0.3, 0.4) is 0 Å². The number of ether oxygens (including phenoxy) is 3. The zero-order valence-electron chi connectivity index (χ0n) is 17.1. The monoisotopic (exact) mass is 402 g/mol. The highest BCUT2D eigenvalue weighted by Crippen LogP contribution is 2.37. The van der Waals surface area contributed by atoms with E-state index in [0.29, 0.717) is 46.4 Å². The Morgan fingerprint density at radius 3 is 2.52 bits per heavy atom. The summed E-state index contributed by atoms with van der Waals surface area (Å²) >= 11 is 0. The quantitative estimate of drug-likeness (QED) is 0.738. The molecule has 2 amide bonds. The fourth-order valence-electron chi connectivity index (χ4n) is 3.35. The molecule has 8 nitrogen and oxygen atoms in total. The van der Waals surface area contributed by atoms with Gasteiger partial charge in [0.2, 0.25) is 0 Å². The maximum atomic E-state index is 12.7. The number of anilines is 1. The van der Waals surface area contributed by atoms with Gasteiger partial charge in [0, 0.05) is 18.7 Å². The molecule has 2 aromatic rings. The standard InChI is InChI=1S/C21H26N2O6/c1-12-8-16(13(2)29-12)21(25)23-17-9-14(10-18(26-3)19(17)27-4)20(24)22-11-15-6-5-7-28-15/h8-10,15H,5-7,11H2,1-4H3,(H,22,24)(H,23,25). The van der Waals surface area contributed by atoms with Gasteiger partial charge in [0.05, 0.1) is 31.6 Å². The van der Waals surface area contributed by atoms with E-state index in [9.17, 15) is 9.59 Å². The molecule has 3 rings (SSSR count). The van der Waals surface area contributed by atoms with Gasteiger partial charge in [-0.3, -0.25) is 9.59 Å². The van der Waals surface area contributed by atoms with Crippen molar-refractivity contribution < 1.29 is 28.2 Å². The van der Waals surface area contributed by atoms with Crippen molar-refractivity contribution in [3.63, 3.8) is 0 Å². The van der Waals surface area contributed by atoms with Crippen LogP contribution in [0.15, 0.2) is 22.6 Å². The minimum absolute atomic E-state index is 0.0329. The number of amides is 2. The molecule has 8 heteroatoms. The second kappa shape index (κ2) is 9.00. The zero-order chi connectivity index (χ0) is 21.0. The highest BCUT2D eigenvalue weighted by molar-refractivity contribution is 6.07. The van der Waals surface area contributed by atoms with Crippen molar-refractivity contribution in [2.75, 3.05) is 32.7 Å². The molecule has 1 aliphatic heterocycles. The van der Waals surface area contributed by atoms with Crippen LogP contribution in [0.5, 0.6) is 11.5 Å². The number of hydrogen-bond donors (Lipinski definition) is 2. The summed E-state index contributed by atoms with van der Waals surface area (Å²) in [4.78, 5) is 25.4. The third kappa shape index (κ3) is 4.71. The van der Waals surface area contributed by atoms with Crippen molar-refractivity contribution in [1.29, 1.82) is 0 Å². The first kappa shape index (κ1) is 20.7. The lowest BCUT2D eigenvalue weighted by molar-refractivity contribution is 0.0857. The Morgan fingerprint density at radius 2 is 1.93 bits per heavy atom. The molecule has 0 radical (unpaired) electrons. The van der Waals surface area contributed by atoms with Crippen LogP contribution in [0.2, 0.25) is 0 Å². The van der Waals surface area contributed by atoms with E-state index in [0.717, 1.165) is 19.4 Å². The third-order valence-electron chi connectivity index (χ3n) is 4.79. The molecule has 1 unspecified atom stereocenters. The molecule has 1 aliphatic rings. The molecule has 0 bridgehead atoms. The first-order chi connectivity index (χ1) is 13.9. The van der Waals surface area contributed by atoms with E-state index in [1.165, 1.54) is 14.2 Å². The molecule has 29 heavy (non-hydrogen) atoms. The van der Waals surface area contributed by atoms with Gasteiger partial charge in [0.15, 0.2) is 11.5 Å². The van der Waals surface area contributed by atoms with E-state index in [4.69, 9.17) is 18.6 Å². The van der Waals surface area contributed by atoms with Crippen LogP contribution in [0, 0.1) is 13.8 Å². The molecule has 2 heterocycles. The number of hydrogen-bond acceptors (Lipinski definition) is 6.